The fourth-order valence-corrected chi connectivity index (χ4v) is 3.72. The van der Waals surface area contributed by atoms with Gasteiger partial charge in [-0.05, 0) is 31.4 Å². The van der Waals surface area contributed by atoms with Crippen molar-refractivity contribution in [3.05, 3.63) is 28.5 Å². The van der Waals surface area contributed by atoms with Gasteiger partial charge in [0.25, 0.3) is 5.91 Å². The number of nitrogens with one attached hydrogen (secondary N) is 2. The van der Waals surface area contributed by atoms with Gasteiger partial charge in [-0.2, -0.15) is 0 Å². The molecule has 1 fully saturated rings. The van der Waals surface area contributed by atoms with Crippen LogP contribution in [0, 0.1) is 4.64 Å². The van der Waals surface area contributed by atoms with E-state index in [4.69, 9.17) is 18.0 Å². The Morgan fingerprint density at radius 3 is 2.96 bits per heavy atom. The molecule has 0 bridgehead atoms. The second kappa shape index (κ2) is 9.31. The van der Waals surface area contributed by atoms with Crippen LogP contribution in [0.2, 0.25) is 0 Å². The van der Waals surface area contributed by atoms with E-state index >= 15 is 0 Å². The number of thioether (sulfide) groups is 1. The molecule has 0 aliphatic carbocycles. The van der Waals surface area contributed by atoms with Gasteiger partial charge in [-0.3, -0.25) is 9.69 Å². The molecule has 24 heavy (non-hydrogen) atoms. The van der Waals surface area contributed by atoms with Crippen LogP contribution in [0.15, 0.2) is 18.3 Å². The molecular weight excluding hydrogens is 344 g/mol. The fraction of sp³-hybridized carbons (Fsp3) is 0.562. The molecule has 4 N–H and O–H groups in total. The van der Waals surface area contributed by atoms with Gasteiger partial charge in [0.15, 0.2) is 0 Å². The number of carbonyl (C=O) groups excluding carboxylic acids is 2. The number of aromatic nitrogens is 1. The lowest BCUT2D eigenvalue weighted by molar-refractivity contribution is -0.113. The summed E-state index contributed by atoms with van der Waals surface area (Å²) >= 11 is 6.81. The monoisotopic (exact) mass is 368 g/mol. The van der Waals surface area contributed by atoms with Gasteiger partial charge in [-0.15, -0.1) is 11.8 Å². The summed E-state index contributed by atoms with van der Waals surface area (Å²) in [6, 6.07) is 3.38. The molecule has 1 saturated heterocycles. The first kappa shape index (κ1) is 19.1. The quantitative estimate of drug-likeness (QED) is 0.348. The number of amides is 1. The average Bonchev–Trinajstić information content (AvgIpc) is 3.07. The van der Waals surface area contributed by atoms with E-state index in [1.165, 1.54) is 0 Å². The Balaban J connectivity index is 1.67. The summed E-state index contributed by atoms with van der Waals surface area (Å²) in [7, 11) is 0. The third-order valence-corrected chi connectivity index (χ3v) is 5.25. The first-order valence-corrected chi connectivity index (χ1v) is 9.61. The molecular formula is C16H24N4O2S2. The van der Waals surface area contributed by atoms with E-state index in [-0.39, 0.29) is 5.91 Å². The third kappa shape index (κ3) is 6.01. The van der Waals surface area contributed by atoms with E-state index in [2.05, 4.69) is 15.2 Å². The Hall–Kier alpha value is -1.22. The van der Waals surface area contributed by atoms with Crippen molar-refractivity contribution < 1.29 is 9.59 Å². The molecule has 2 rings (SSSR count). The van der Waals surface area contributed by atoms with Gasteiger partial charge in [-0.25, -0.2) is 0 Å². The normalized spacial score (nSPS) is 17.4. The standard InChI is InChI=1S/C16H24N4O2S2/c17-16(11-21,10-20-7-8-24-12-20)5-1-2-6-18-15(22)13-3-4-14(23)19-9-13/h3-4,9,11H,1-2,5-8,10,12,17H2,(H,18,22)(H,19,23). The van der Waals surface area contributed by atoms with Crippen LogP contribution in [0.25, 0.3) is 0 Å². The van der Waals surface area contributed by atoms with Crippen molar-refractivity contribution >= 4 is 36.2 Å². The van der Waals surface area contributed by atoms with Crippen LogP contribution in [-0.2, 0) is 4.79 Å². The maximum atomic E-state index is 11.9. The zero-order chi connectivity index (χ0) is 17.4. The topological polar surface area (TPSA) is 91.2 Å². The lowest BCUT2D eigenvalue weighted by atomic mass is 9.94. The van der Waals surface area contributed by atoms with Crippen molar-refractivity contribution in [1.29, 1.82) is 0 Å². The second-order valence-electron chi connectivity index (χ2n) is 6.10. The molecule has 1 amide bonds. The molecule has 0 saturated carbocycles. The number of carbonyl (C=O) groups is 2. The highest BCUT2D eigenvalue weighted by Gasteiger charge is 2.28. The van der Waals surface area contributed by atoms with Crippen LogP contribution in [0.5, 0.6) is 0 Å². The van der Waals surface area contributed by atoms with Crippen molar-refractivity contribution in [2.24, 2.45) is 5.73 Å². The number of H-pyrrole nitrogens is 1. The van der Waals surface area contributed by atoms with Crippen LogP contribution in [0.1, 0.15) is 29.6 Å². The number of nitrogens with zero attached hydrogens (tertiary/aromatic N) is 1. The number of hydrogen-bond donors (Lipinski definition) is 3. The zero-order valence-corrected chi connectivity index (χ0v) is 15.3. The van der Waals surface area contributed by atoms with E-state index in [9.17, 15) is 9.59 Å². The highest BCUT2D eigenvalue weighted by atomic mass is 32.2. The maximum absolute atomic E-state index is 11.9. The number of hydrogen-bond acceptors (Lipinski definition) is 6. The van der Waals surface area contributed by atoms with Crippen LogP contribution in [-0.4, -0.2) is 58.9 Å². The van der Waals surface area contributed by atoms with Crippen LogP contribution in [0.4, 0.5) is 0 Å². The molecule has 0 aromatic carbocycles. The van der Waals surface area contributed by atoms with Crippen molar-refractivity contribution in [2.75, 3.05) is 31.3 Å². The molecule has 1 aliphatic rings. The second-order valence-corrected chi connectivity index (χ2v) is 7.61. The Morgan fingerprint density at radius 1 is 1.50 bits per heavy atom. The summed E-state index contributed by atoms with van der Waals surface area (Å²) < 4.78 is 0.594. The third-order valence-electron chi connectivity index (χ3n) is 3.98. The van der Waals surface area contributed by atoms with Gasteiger partial charge >= 0.3 is 0 Å². The smallest absolute Gasteiger partial charge is 0.252 e. The molecule has 1 aliphatic heterocycles. The van der Waals surface area contributed by atoms with Gasteiger partial charge < -0.3 is 20.8 Å². The number of aldehydes is 1. The van der Waals surface area contributed by atoms with E-state index in [1.807, 2.05) is 11.8 Å². The van der Waals surface area contributed by atoms with Gasteiger partial charge in [0, 0.05) is 37.5 Å². The summed E-state index contributed by atoms with van der Waals surface area (Å²) in [4.78, 5) is 28.4. The molecule has 0 radical (unpaired) electrons. The Bertz CT molecular complexity index is 596. The predicted molar refractivity (Wildman–Crippen MR) is 99.7 cm³/mol. The number of unbranched alkanes of at least 4 members (excludes halogenated alkanes) is 1. The molecule has 1 unspecified atom stereocenters. The number of aromatic amines is 1. The molecule has 1 atom stereocenters. The predicted octanol–water partition coefficient (Wildman–Crippen LogP) is 1.55. The summed E-state index contributed by atoms with van der Waals surface area (Å²) in [6.07, 6.45) is 4.69. The zero-order valence-electron chi connectivity index (χ0n) is 13.6. The van der Waals surface area contributed by atoms with Gasteiger partial charge in [0.2, 0.25) is 0 Å². The average molecular weight is 369 g/mol. The highest BCUT2D eigenvalue weighted by molar-refractivity contribution is 7.99. The van der Waals surface area contributed by atoms with E-state index in [0.717, 1.165) is 37.3 Å². The van der Waals surface area contributed by atoms with Crippen LogP contribution < -0.4 is 11.1 Å². The Morgan fingerprint density at radius 2 is 2.33 bits per heavy atom. The van der Waals surface area contributed by atoms with E-state index < -0.39 is 5.54 Å². The largest absolute Gasteiger partial charge is 0.352 e. The maximum Gasteiger partial charge on any atom is 0.252 e. The fourth-order valence-electron chi connectivity index (χ4n) is 2.60. The lowest BCUT2D eigenvalue weighted by Gasteiger charge is -2.28. The summed E-state index contributed by atoms with van der Waals surface area (Å²) in [5.74, 6) is 1.91. The van der Waals surface area contributed by atoms with Crippen molar-refractivity contribution in [3.8, 4) is 0 Å². The van der Waals surface area contributed by atoms with E-state index in [1.54, 1.807) is 18.3 Å². The molecule has 132 valence electrons. The number of rotatable bonds is 9. The van der Waals surface area contributed by atoms with Crippen LogP contribution >= 0.6 is 24.0 Å². The first-order valence-electron chi connectivity index (χ1n) is 8.05. The van der Waals surface area contributed by atoms with Gasteiger partial charge in [0.05, 0.1) is 11.1 Å². The Labute approximate surface area is 151 Å². The molecule has 6 nitrogen and oxygen atoms in total. The molecule has 2 heterocycles. The molecule has 1 aromatic rings. The summed E-state index contributed by atoms with van der Waals surface area (Å²) in [5.41, 5.74) is 5.97. The number of pyridine rings is 1. The lowest BCUT2D eigenvalue weighted by Crippen LogP contribution is -2.51. The van der Waals surface area contributed by atoms with Crippen molar-refractivity contribution in [3.63, 3.8) is 0 Å². The Kier molecular flexibility index (Phi) is 7.41. The SMILES string of the molecule is NC(C=O)(CCCCNC(=O)c1ccc(=S)[nH]c1)CN1CCSC1. The van der Waals surface area contributed by atoms with Gasteiger partial charge in [0.1, 0.15) is 10.9 Å². The van der Waals surface area contributed by atoms with Crippen molar-refractivity contribution in [1.82, 2.24) is 15.2 Å². The van der Waals surface area contributed by atoms with Crippen LogP contribution in [0.3, 0.4) is 0 Å². The first-order chi connectivity index (χ1) is 11.5. The molecule has 1 aromatic heterocycles. The minimum Gasteiger partial charge on any atom is -0.352 e. The number of nitrogens with two attached hydrogens (primary N) is 1. The minimum absolute atomic E-state index is 0.134. The van der Waals surface area contributed by atoms with E-state index in [0.29, 0.717) is 29.7 Å². The van der Waals surface area contributed by atoms with Crippen molar-refractivity contribution in [2.45, 2.75) is 24.8 Å². The summed E-state index contributed by atoms with van der Waals surface area (Å²) in [6.45, 7) is 2.16. The highest BCUT2D eigenvalue weighted by Crippen LogP contribution is 2.18. The summed E-state index contributed by atoms with van der Waals surface area (Å²) in [5, 5.41) is 2.86. The molecule has 0 spiro atoms. The molecule has 8 heteroatoms. The minimum atomic E-state index is -0.789. The van der Waals surface area contributed by atoms with Gasteiger partial charge in [-0.1, -0.05) is 12.2 Å².